The molecule has 1 N–H and O–H groups in total. The second kappa shape index (κ2) is 9.01. The Bertz CT molecular complexity index is 1280. The monoisotopic (exact) mass is 497 g/mol. The topological polar surface area (TPSA) is 68.0 Å². The van der Waals surface area contributed by atoms with E-state index in [-0.39, 0.29) is 12.3 Å². The number of thioether (sulfide) groups is 1. The van der Waals surface area contributed by atoms with Crippen LogP contribution in [-0.4, -0.2) is 21.6 Å². The first-order chi connectivity index (χ1) is 16.0. The first kappa shape index (κ1) is 22.3. The van der Waals surface area contributed by atoms with Gasteiger partial charge in [0.2, 0.25) is 11.8 Å². The summed E-state index contributed by atoms with van der Waals surface area (Å²) in [5.41, 5.74) is 3.16. The molecule has 4 aromatic rings. The van der Waals surface area contributed by atoms with E-state index in [4.69, 9.17) is 27.6 Å². The van der Waals surface area contributed by atoms with Crippen molar-refractivity contribution in [3.63, 3.8) is 0 Å². The van der Waals surface area contributed by atoms with E-state index < -0.39 is 5.41 Å². The molecule has 5 rings (SSSR count). The number of nitrogens with one attached hydrogen (secondary N) is 1. The molecule has 2 aromatic heterocycles. The summed E-state index contributed by atoms with van der Waals surface area (Å²) in [6.07, 6.45) is 3.66. The summed E-state index contributed by atoms with van der Waals surface area (Å²) in [4.78, 5) is 22.7. The number of aromatic nitrogens is 2. The average Bonchev–Trinajstić information content (AvgIpc) is 3.45. The van der Waals surface area contributed by atoms with E-state index in [1.165, 1.54) is 0 Å². The van der Waals surface area contributed by atoms with Crippen LogP contribution in [0.5, 0.6) is 0 Å². The fourth-order valence-electron chi connectivity index (χ4n) is 4.01. The summed E-state index contributed by atoms with van der Waals surface area (Å²) in [7, 11) is 0. The Hall–Kier alpha value is -2.54. The lowest BCUT2D eigenvalue weighted by Crippen LogP contribution is -2.16. The number of nitrogens with zero attached hydrogens (tertiary/aromatic N) is 2. The quantitative estimate of drug-likeness (QED) is 0.281. The fourth-order valence-corrected chi connectivity index (χ4v) is 5.49. The van der Waals surface area contributed by atoms with Gasteiger partial charge in [0, 0.05) is 38.1 Å². The number of fused-ring (bicyclic) bond motifs is 1. The molecule has 2 aromatic carbocycles. The van der Waals surface area contributed by atoms with Crippen LogP contribution in [0.1, 0.15) is 36.9 Å². The molecule has 168 valence electrons. The highest BCUT2D eigenvalue weighted by atomic mass is 35.5. The third-order valence-corrected chi connectivity index (χ3v) is 7.17. The Balaban J connectivity index is 1.35. The summed E-state index contributed by atoms with van der Waals surface area (Å²) in [5.74, 6) is 1.42. The highest BCUT2D eigenvalue weighted by Crippen LogP contribution is 2.57. The molecule has 0 saturated heterocycles. The molecule has 0 aliphatic heterocycles. The highest BCUT2D eigenvalue weighted by Gasteiger charge is 2.52. The lowest BCUT2D eigenvalue weighted by Gasteiger charge is -2.17. The van der Waals surface area contributed by atoms with Crippen molar-refractivity contribution < 1.29 is 9.21 Å². The highest BCUT2D eigenvalue weighted by molar-refractivity contribution is 7.99. The predicted molar refractivity (Wildman–Crippen MR) is 133 cm³/mol. The van der Waals surface area contributed by atoms with Crippen LogP contribution in [0.15, 0.2) is 64.0 Å². The maximum Gasteiger partial charge on any atom is 0.230 e. The third-order valence-electron chi connectivity index (χ3n) is 5.71. The summed E-state index contributed by atoms with van der Waals surface area (Å²) in [6, 6.07) is 15.0. The zero-order valence-corrected chi connectivity index (χ0v) is 20.2. The molecule has 1 saturated carbocycles. The largest absolute Gasteiger partial charge is 0.440 e. The fraction of sp³-hybridized carbons (Fsp3) is 0.240. The second-order valence-electron chi connectivity index (χ2n) is 8.03. The van der Waals surface area contributed by atoms with Crippen LogP contribution in [0, 0.1) is 0 Å². The molecule has 1 amide bonds. The van der Waals surface area contributed by atoms with Crippen LogP contribution in [0.3, 0.4) is 0 Å². The number of amides is 1. The number of rotatable bonds is 7. The van der Waals surface area contributed by atoms with E-state index in [1.54, 1.807) is 30.1 Å². The van der Waals surface area contributed by atoms with Gasteiger partial charge in [0.1, 0.15) is 5.52 Å². The number of halogens is 2. The molecule has 1 aliphatic rings. The minimum Gasteiger partial charge on any atom is -0.440 e. The van der Waals surface area contributed by atoms with Crippen LogP contribution in [-0.2, 0) is 16.6 Å². The van der Waals surface area contributed by atoms with Gasteiger partial charge >= 0.3 is 0 Å². The van der Waals surface area contributed by atoms with E-state index in [9.17, 15) is 4.79 Å². The predicted octanol–water partition coefficient (Wildman–Crippen LogP) is 6.90. The standard InChI is InChI=1S/C25H21Cl2N3O2S/c1-2-33-17-8-7-15(28-14-17)13-22(31)29-16-11-18(26)23(19(27)12-16)25(9-10-25)24-30-20-5-3-4-6-21(20)32-24/h3-8,11-12,14H,2,9-10,13H2,1H3,(H,29,31). The van der Waals surface area contributed by atoms with E-state index in [0.29, 0.717) is 27.3 Å². The lowest BCUT2D eigenvalue weighted by molar-refractivity contribution is -0.115. The van der Waals surface area contributed by atoms with Gasteiger partial charge in [0.15, 0.2) is 5.58 Å². The number of carbonyl (C=O) groups is 1. The molecule has 33 heavy (non-hydrogen) atoms. The van der Waals surface area contributed by atoms with E-state index >= 15 is 0 Å². The maximum atomic E-state index is 12.6. The van der Waals surface area contributed by atoms with Gasteiger partial charge in [-0.1, -0.05) is 42.3 Å². The van der Waals surface area contributed by atoms with Crippen molar-refractivity contribution in [2.24, 2.45) is 0 Å². The van der Waals surface area contributed by atoms with Crippen molar-refractivity contribution in [3.8, 4) is 0 Å². The molecule has 0 radical (unpaired) electrons. The summed E-state index contributed by atoms with van der Waals surface area (Å²) in [5, 5.41) is 3.85. The Morgan fingerprint density at radius 2 is 1.91 bits per heavy atom. The van der Waals surface area contributed by atoms with Gasteiger partial charge in [-0.25, -0.2) is 4.98 Å². The van der Waals surface area contributed by atoms with E-state index in [0.717, 1.165) is 40.2 Å². The Labute approximate surface area is 205 Å². The molecule has 0 unspecified atom stereocenters. The SMILES string of the molecule is CCSc1ccc(CC(=O)Nc2cc(Cl)c(C3(c4nc5ccccc5o4)CC3)c(Cl)c2)nc1. The van der Waals surface area contributed by atoms with Crippen molar-refractivity contribution in [3.05, 3.63) is 81.9 Å². The molecule has 0 atom stereocenters. The van der Waals surface area contributed by atoms with Crippen molar-refractivity contribution in [1.29, 1.82) is 0 Å². The first-order valence-corrected chi connectivity index (χ1v) is 12.5. The zero-order chi connectivity index (χ0) is 23.0. The van der Waals surface area contributed by atoms with Gasteiger partial charge in [-0.2, -0.15) is 0 Å². The molecule has 8 heteroatoms. The number of oxazole rings is 1. The van der Waals surface area contributed by atoms with Gasteiger partial charge < -0.3 is 9.73 Å². The van der Waals surface area contributed by atoms with Crippen LogP contribution >= 0.6 is 35.0 Å². The normalized spacial score (nSPS) is 14.4. The Morgan fingerprint density at radius 3 is 2.55 bits per heavy atom. The smallest absolute Gasteiger partial charge is 0.230 e. The number of hydrogen-bond donors (Lipinski definition) is 1. The van der Waals surface area contributed by atoms with Gasteiger partial charge in [0.05, 0.1) is 11.8 Å². The maximum absolute atomic E-state index is 12.6. The van der Waals surface area contributed by atoms with Crippen molar-refractivity contribution in [2.75, 3.05) is 11.1 Å². The number of para-hydroxylation sites is 2. The molecular formula is C25H21Cl2N3O2S. The third kappa shape index (κ3) is 4.47. The molecule has 5 nitrogen and oxygen atoms in total. The van der Waals surface area contributed by atoms with E-state index in [2.05, 4.69) is 22.2 Å². The average molecular weight is 498 g/mol. The Kier molecular flexibility index (Phi) is 6.08. The number of anilines is 1. The molecule has 0 spiro atoms. The summed E-state index contributed by atoms with van der Waals surface area (Å²) in [6.45, 7) is 2.09. The molecule has 2 heterocycles. The number of carbonyl (C=O) groups excluding carboxylic acids is 1. The van der Waals surface area contributed by atoms with Gasteiger partial charge in [-0.3, -0.25) is 9.78 Å². The zero-order valence-electron chi connectivity index (χ0n) is 17.9. The van der Waals surface area contributed by atoms with Crippen LogP contribution < -0.4 is 5.32 Å². The minimum absolute atomic E-state index is 0.168. The molecule has 1 aliphatic carbocycles. The Morgan fingerprint density at radius 1 is 1.15 bits per heavy atom. The van der Waals surface area contributed by atoms with Crippen LogP contribution in [0.4, 0.5) is 5.69 Å². The number of benzene rings is 2. The van der Waals surface area contributed by atoms with Gasteiger partial charge in [-0.15, -0.1) is 11.8 Å². The summed E-state index contributed by atoms with van der Waals surface area (Å²) < 4.78 is 6.04. The second-order valence-corrected chi connectivity index (χ2v) is 10.2. The molecule has 0 bridgehead atoms. The first-order valence-electron chi connectivity index (χ1n) is 10.7. The summed E-state index contributed by atoms with van der Waals surface area (Å²) >= 11 is 15.1. The lowest BCUT2D eigenvalue weighted by atomic mass is 9.95. The van der Waals surface area contributed by atoms with Crippen molar-refractivity contribution in [1.82, 2.24) is 9.97 Å². The number of hydrogen-bond acceptors (Lipinski definition) is 5. The van der Waals surface area contributed by atoms with E-state index in [1.807, 2.05) is 36.4 Å². The van der Waals surface area contributed by atoms with Crippen LogP contribution in [0.25, 0.3) is 11.1 Å². The van der Waals surface area contributed by atoms with Gasteiger partial charge in [-0.05, 0) is 55.0 Å². The molecule has 1 fully saturated rings. The minimum atomic E-state index is -0.433. The van der Waals surface area contributed by atoms with Gasteiger partial charge in [0.25, 0.3) is 0 Å². The molecular weight excluding hydrogens is 477 g/mol. The van der Waals surface area contributed by atoms with Crippen molar-refractivity contribution in [2.45, 2.75) is 36.5 Å². The van der Waals surface area contributed by atoms with Crippen LogP contribution in [0.2, 0.25) is 10.0 Å². The van der Waals surface area contributed by atoms with Crippen molar-refractivity contribution >= 4 is 57.7 Å². The number of pyridine rings is 1.